The molecule has 106 valence electrons. The second-order valence-electron chi connectivity index (χ2n) is 4.83. The Kier molecular flexibility index (Phi) is 4.58. The molecule has 0 aliphatic carbocycles. The highest BCUT2D eigenvalue weighted by atomic mass is 16.5. The number of methoxy groups -OCH3 is 1. The van der Waals surface area contributed by atoms with Crippen LogP contribution in [-0.2, 0) is 0 Å². The number of ether oxygens (including phenoxy) is 1. The van der Waals surface area contributed by atoms with Crippen LogP contribution in [0, 0.1) is 6.92 Å². The van der Waals surface area contributed by atoms with Gasteiger partial charge in [-0.25, -0.2) is 4.98 Å². The molecular weight excluding hydrogens is 250 g/mol. The zero-order valence-corrected chi connectivity index (χ0v) is 12.2. The van der Waals surface area contributed by atoms with E-state index in [1.165, 1.54) is 5.56 Å². The van der Waals surface area contributed by atoms with Crippen molar-refractivity contribution in [3.8, 4) is 5.88 Å². The van der Waals surface area contributed by atoms with Crippen molar-refractivity contribution in [3.63, 3.8) is 0 Å². The van der Waals surface area contributed by atoms with Crippen molar-refractivity contribution in [2.75, 3.05) is 25.6 Å². The summed E-state index contributed by atoms with van der Waals surface area (Å²) in [4.78, 5) is 6.42. The lowest BCUT2D eigenvalue weighted by atomic mass is 10.1. The van der Waals surface area contributed by atoms with Crippen molar-refractivity contribution in [2.24, 2.45) is 5.73 Å². The molecule has 0 spiro atoms. The van der Waals surface area contributed by atoms with E-state index in [9.17, 15) is 0 Å². The van der Waals surface area contributed by atoms with Gasteiger partial charge in [0.2, 0.25) is 5.88 Å². The Morgan fingerprint density at radius 1 is 1.20 bits per heavy atom. The summed E-state index contributed by atoms with van der Waals surface area (Å²) < 4.78 is 5.08. The highest BCUT2D eigenvalue weighted by Crippen LogP contribution is 2.25. The van der Waals surface area contributed by atoms with Crippen LogP contribution in [0.2, 0.25) is 0 Å². The molecular formula is C16H21N3O. The molecule has 0 saturated heterocycles. The number of hydrogen-bond acceptors (Lipinski definition) is 4. The number of likely N-dealkylation sites (N-methyl/N-ethyl adjacent to an activating group) is 1. The molecule has 0 amide bonds. The lowest BCUT2D eigenvalue weighted by Crippen LogP contribution is -2.30. The maximum atomic E-state index is 5.94. The predicted octanol–water partition coefficient (Wildman–Crippen LogP) is 2.53. The van der Waals surface area contributed by atoms with E-state index in [-0.39, 0.29) is 6.04 Å². The Balaban J connectivity index is 2.23. The Labute approximate surface area is 120 Å². The molecule has 0 aliphatic rings. The van der Waals surface area contributed by atoms with Gasteiger partial charge in [0, 0.05) is 31.5 Å². The van der Waals surface area contributed by atoms with Crippen molar-refractivity contribution in [1.29, 1.82) is 0 Å². The summed E-state index contributed by atoms with van der Waals surface area (Å²) in [6.07, 6.45) is 1.82. The Morgan fingerprint density at radius 3 is 2.40 bits per heavy atom. The van der Waals surface area contributed by atoms with Crippen LogP contribution in [0.25, 0.3) is 0 Å². The molecule has 0 aliphatic heterocycles. The third-order valence-corrected chi connectivity index (χ3v) is 3.49. The fourth-order valence-corrected chi connectivity index (χ4v) is 2.19. The first-order valence-electron chi connectivity index (χ1n) is 6.65. The number of pyridine rings is 1. The monoisotopic (exact) mass is 271 g/mol. The van der Waals surface area contributed by atoms with Gasteiger partial charge in [-0.1, -0.05) is 23.8 Å². The summed E-state index contributed by atoms with van der Waals surface area (Å²) in [5.74, 6) is 0.613. The molecule has 1 heterocycles. The van der Waals surface area contributed by atoms with Crippen LogP contribution < -0.4 is 15.4 Å². The summed E-state index contributed by atoms with van der Waals surface area (Å²) in [6, 6.07) is 12.4. The lowest BCUT2D eigenvalue weighted by molar-refractivity contribution is 0.397. The molecule has 0 bridgehead atoms. The molecule has 0 fully saturated rings. The van der Waals surface area contributed by atoms with Crippen LogP contribution in [-0.4, -0.2) is 25.7 Å². The number of benzene rings is 1. The first-order valence-corrected chi connectivity index (χ1v) is 6.65. The van der Waals surface area contributed by atoms with Gasteiger partial charge in [-0.3, -0.25) is 0 Å². The van der Waals surface area contributed by atoms with Gasteiger partial charge < -0.3 is 15.4 Å². The topological polar surface area (TPSA) is 51.4 Å². The molecule has 1 aromatic carbocycles. The summed E-state index contributed by atoms with van der Waals surface area (Å²) in [5, 5.41) is 0. The van der Waals surface area contributed by atoms with Gasteiger partial charge in [-0.15, -0.1) is 0 Å². The molecule has 4 nitrogen and oxygen atoms in total. The van der Waals surface area contributed by atoms with Gasteiger partial charge in [-0.05, 0) is 24.6 Å². The van der Waals surface area contributed by atoms with Gasteiger partial charge in [0.25, 0.3) is 0 Å². The quantitative estimate of drug-likeness (QED) is 0.908. The fraction of sp³-hybridized carbons (Fsp3) is 0.312. The highest BCUT2D eigenvalue weighted by Gasteiger charge is 2.16. The molecule has 2 aromatic rings. The third kappa shape index (κ3) is 3.08. The second-order valence-corrected chi connectivity index (χ2v) is 4.83. The summed E-state index contributed by atoms with van der Waals surface area (Å²) in [6.45, 7) is 2.61. The third-order valence-electron chi connectivity index (χ3n) is 3.49. The lowest BCUT2D eigenvalue weighted by Gasteiger charge is -2.29. The number of anilines is 1. The van der Waals surface area contributed by atoms with E-state index in [0.717, 1.165) is 11.3 Å². The van der Waals surface area contributed by atoms with E-state index in [2.05, 4.69) is 41.1 Å². The van der Waals surface area contributed by atoms with Crippen molar-refractivity contribution in [1.82, 2.24) is 4.98 Å². The van der Waals surface area contributed by atoms with E-state index >= 15 is 0 Å². The second kappa shape index (κ2) is 6.39. The minimum Gasteiger partial charge on any atom is -0.481 e. The molecule has 0 saturated carbocycles. The number of hydrogen-bond donors (Lipinski definition) is 1. The first kappa shape index (κ1) is 14.3. The van der Waals surface area contributed by atoms with Crippen LogP contribution >= 0.6 is 0 Å². The van der Waals surface area contributed by atoms with Crippen LogP contribution in [0.5, 0.6) is 5.88 Å². The largest absolute Gasteiger partial charge is 0.481 e. The molecule has 4 heteroatoms. The van der Waals surface area contributed by atoms with E-state index in [1.54, 1.807) is 7.11 Å². The van der Waals surface area contributed by atoms with Gasteiger partial charge in [0.05, 0.1) is 13.2 Å². The van der Waals surface area contributed by atoms with Gasteiger partial charge in [-0.2, -0.15) is 0 Å². The van der Waals surface area contributed by atoms with E-state index in [0.29, 0.717) is 12.4 Å². The SMILES string of the molecule is COc1ccc(C(CN)N(C)c2ccc(C)cc2)cn1. The molecule has 1 atom stereocenters. The maximum absolute atomic E-state index is 5.94. The van der Waals surface area contributed by atoms with Crippen molar-refractivity contribution in [2.45, 2.75) is 13.0 Å². The highest BCUT2D eigenvalue weighted by molar-refractivity contribution is 5.49. The summed E-state index contributed by atoms with van der Waals surface area (Å²) >= 11 is 0. The average Bonchev–Trinajstić information content (AvgIpc) is 2.49. The Morgan fingerprint density at radius 2 is 1.90 bits per heavy atom. The van der Waals surface area contributed by atoms with Crippen LogP contribution in [0.15, 0.2) is 42.6 Å². The average molecular weight is 271 g/mol. The smallest absolute Gasteiger partial charge is 0.212 e. The normalized spacial score (nSPS) is 12.0. The van der Waals surface area contributed by atoms with Crippen LogP contribution in [0.3, 0.4) is 0 Å². The predicted molar refractivity (Wildman–Crippen MR) is 82.2 cm³/mol. The minimum atomic E-state index is 0.0936. The first-order chi connectivity index (χ1) is 9.65. The summed E-state index contributed by atoms with van der Waals surface area (Å²) in [7, 11) is 3.66. The zero-order chi connectivity index (χ0) is 14.5. The molecule has 0 radical (unpaired) electrons. The summed E-state index contributed by atoms with van der Waals surface area (Å²) in [5.41, 5.74) is 9.41. The molecule has 2 N–H and O–H groups in total. The van der Waals surface area contributed by atoms with Crippen molar-refractivity contribution >= 4 is 5.69 Å². The van der Waals surface area contributed by atoms with E-state index in [1.807, 2.05) is 25.4 Å². The number of aryl methyl sites for hydroxylation is 1. The molecule has 20 heavy (non-hydrogen) atoms. The molecule has 1 unspecified atom stereocenters. The van der Waals surface area contributed by atoms with Crippen molar-refractivity contribution in [3.05, 3.63) is 53.7 Å². The molecule has 2 rings (SSSR count). The van der Waals surface area contributed by atoms with E-state index in [4.69, 9.17) is 10.5 Å². The number of nitrogens with zero attached hydrogens (tertiary/aromatic N) is 2. The van der Waals surface area contributed by atoms with Crippen molar-refractivity contribution < 1.29 is 4.74 Å². The van der Waals surface area contributed by atoms with Crippen LogP contribution in [0.1, 0.15) is 17.2 Å². The zero-order valence-electron chi connectivity index (χ0n) is 12.2. The van der Waals surface area contributed by atoms with Gasteiger partial charge >= 0.3 is 0 Å². The van der Waals surface area contributed by atoms with Gasteiger partial charge in [0.15, 0.2) is 0 Å². The van der Waals surface area contributed by atoms with Crippen LogP contribution in [0.4, 0.5) is 5.69 Å². The number of nitrogens with two attached hydrogens (primary N) is 1. The Bertz CT molecular complexity index is 537. The minimum absolute atomic E-state index is 0.0936. The molecule has 1 aromatic heterocycles. The standard InChI is InChI=1S/C16H21N3O/c1-12-4-7-14(8-5-12)19(2)15(10-17)13-6-9-16(20-3)18-11-13/h4-9,11,15H,10,17H2,1-3H3. The van der Waals surface area contributed by atoms with E-state index < -0.39 is 0 Å². The van der Waals surface area contributed by atoms with Gasteiger partial charge in [0.1, 0.15) is 0 Å². The number of rotatable bonds is 5. The maximum Gasteiger partial charge on any atom is 0.212 e. The fourth-order valence-electron chi connectivity index (χ4n) is 2.19. The Hall–Kier alpha value is -2.07. The number of aromatic nitrogens is 1.